The summed E-state index contributed by atoms with van der Waals surface area (Å²) in [5.41, 5.74) is 15.7. The van der Waals surface area contributed by atoms with Gasteiger partial charge in [0.05, 0.1) is 5.69 Å². The predicted octanol–water partition coefficient (Wildman–Crippen LogP) is 15.9. The maximum Gasteiger partial charge on any atom is 0.0540 e. The lowest BCUT2D eigenvalue weighted by atomic mass is 9.83. The molecule has 0 N–H and O–H groups in total. The Morgan fingerprint density at radius 2 is 0.702 bits per heavy atom. The van der Waals surface area contributed by atoms with E-state index >= 15 is 0 Å². The molecule has 0 atom stereocenters. The van der Waals surface area contributed by atoms with Crippen molar-refractivity contribution in [2.45, 2.75) is 13.8 Å². The summed E-state index contributed by atoms with van der Waals surface area (Å²) in [5.74, 6) is 0. The summed E-state index contributed by atoms with van der Waals surface area (Å²) in [4.78, 5) is 2.41. The number of hydrogen-bond acceptors (Lipinski definition) is 1. The Hall–Kier alpha value is -7.22. The van der Waals surface area contributed by atoms with E-state index in [1.165, 1.54) is 88.0 Å². The number of nitrogens with zero attached hydrogens (tertiary/aromatic N) is 1. The van der Waals surface area contributed by atoms with Crippen LogP contribution in [0.2, 0.25) is 0 Å². The third-order valence-electron chi connectivity index (χ3n) is 11.3. The van der Waals surface area contributed by atoms with Crippen molar-refractivity contribution in [3.8, 4) is 44.5 Å². The van der Waals surface area contributed by atoms with E-state index in [0.717, 1.165) is 17.1 Å². The van der Waals surface area contributed by atoms with Gasteiger partial charge in [-0.05, 0) is 145 Å². The van der Waals surface area contributed by atoms with Crippen LogP contribution in [0, 0.1) is 13.8 Å². The summed E-state index contributed by atoms with van der Waals surface area (Å²) in [5, 5.41) is 7.39. The lowest BCUT2D eigenvalue weighted by molar-refractivity contribution is 1.27. The van der Waals surface area contributed by atoms with Gasteiger partial charge in [0.25, 0.3) is 0 Å². The van der Waals surface area contributed by atoms with Gasteiger partial charge in [0.2, 0.25) is 0 Å². The van der Waals surface area contributed by atoms with E-state index in [-0.39, 0.29) is 0 Å². The molecule has 10 rings (SSSR count). The quantitative estimate of drug-likeness (QED) is 0.148. The zero-order valence-corrected chi connectivity index (χ0v) is 32.2. The molecule has 0 aliphatic carbocycles. The van der Waals surface area contributed by atoms with Crippen molar-refractivity contribution in [1.29, 1.82) is 0 Å². The summed E-state index contributed by atoms with van der Waals surface area (Å²) >= 11 is 0. The van der Waals surface area contributed by atoms with Crippen LogP contribution in [0.5, 0.6) is 0 Å². The third-order valence-corrected chi connectivity index (χ3v) is 11.3. The fraction of sp³-hybridized carbons (Fsp3) is 0.0357. The zero-order chi connectivity index (χ0) is 38.3. The summed E-state index contributed by atoms with van der Waals surface area (Å²) in [6, 6.07) is 77.8. The Morgan fingerprint density at radius 1 is 0.281 bits per heavy atom. The highest BCUT2D eigenvalue weighted by Gasteiger charge is 2.22. The first-order chi connectivity index (χ1) is 28.1. The van der Waals surface area contributed by atoms with Gasteiger partial charge in [-0.1, -0.05) is 164 Å². The molecule has 0 unspecified atom stereocenters. The second-order valence-corrected chi connectivity index (χ2v) is 15.1. The second kappa shape index (κ2) is 14.5. The summed E-state index contributed by atoms with van der Waals surface area (Å²) < 4.78 is 0. The normalized spacial score (nSPS) is 11.3. The molecule has 270 valence electrons. The van der Waals surface area contributed by atoms with Gasteiger partial charge < -0.3 is 4.90 Å². The number of anilines is 3. The Bertz CT molecular complexity index is 2930. The Morgan fingerprint density at radius 3 is 1.19 bits per heavy atom. The van der Waals surface area contributed by atoms with Crippen molar-refractivity contribution in [2.75, 3.05) is 4.90 Å². The summed E-state index contributed by atoms with van der Waals surface area (Å²) in [6.45, 7) is 4.33. The topological polar surface area (TPSA) is 3.24 Å². The minimum Gasteiger partial charge on any atom is -0.310 e. The molecule has 0 bridgehead atoms. The van der Waals surface area contributed by atoms with Crippen molar-refractivity contribution in [3.63, 3.8) is 0 Å². The maximum atomic E-state index is 2.41. The van der Waals surface area contributed by atoms with Gasteiger partial charge in [0.15, 0.2) is 0 Å². The molecule has 57 heavy (non-hydrogen) atoms. The van der Waals surface area contributed by atoms with E-state index in [4.69, 9.17) is 0 Å². The first kappa shape index (κ1) is 34.3. The van der Waals surface area contributed by atoms with Gasteiger partial charge in [-0.2, -0.15) is 0 Å². The minimum absolute atomic E-state index is 1.14. The Kier molecular flexibility index (Phi) is 8.69. The first-order valence-corrected chi connectivity index (χ1v) is 19.8. The molecule has 0 amide bonds. The van der Waals surface area contributed by atoms with E-state index in [0.29, 0.717) is 0 Å². The van der Waals surface area contributed by atoms with E-state index in [9.17, 15) is 0 Å². The molecular weight excluding hydrogens is 687 g/mol. The SMILES string of the molecule is Cc1cccc(N(c2cccc(C)c2)c2ccc(-c3c4ccccc4c(-c4cc(-c5ccccc5)cc(-c5ccccc5)c4)c4ccccc34)c3ccccc23)c1. The van der Waals surface area contributed by atoms with Crippen molar-refractivity contribution < 1.29 is 0 Å². The fourth-order valence-electron chi connectivity index (χ4n) is 8.75. The molecule has 0 aromatic heterocycles. The molecule has 0 spiro atoms. The standard InChI is InChI=1S/C56H41N/c1-38-17-15-23-45(33-38)57(46-24-16-18-39(2)34-46)54-32-31-53(47-25-9-10-26-48(47)54)56-51-29-13-11-27-49(51)55(50-28-12-14-30-52(50)56)44-36-42(40-19-5-3-6-20-40)35-43(37-44)41-21-7-4-8-22-41/h3-37H,1-2H3. The van der Waals surface area contributed by atoms with E-state index in [2.05, 4.69) is 231 Å². The van der Waals surface area contributed by atoms with Crippen LogP contribution in [0.4, 0.5) is 17.1 Å². The molecule has 0 heterocycles. The van der Waals surface area contributed by atoms with E-state index in [1.54, 1.807) is 0 Å². The van der Waals surface area contributed by atoms with Gasteiger partial charge >= 0.3 is 0 Å². The molecule has 0 aliphatic heterocycles. The smallest absolute Gasteiger partial charge is 0.0540 e. The number of rotatable bonds is 7. The molecule has 0 saturated heterocycles. The van der Waals surface area contributed by atoms with Gasteiger partial charge in [0, 0.05) is 16.8 Å². The highest BCUT2D eigenvalue weighted by Crippen LogP contribution is 2.48. The van der Waals surface area contributed by atoms with Crippen LogP contribution >= 0.6 is 0 Å². The summed E-state index contributed by atoms with van der Waals surface area (Å²) in [6.07, 6.45) is 0. The van der Waals surface area contributed by atoms with Crippen LogP contribution < -0.4 is 4.90 Å². The third kappa shape index (κ3) is 6.24. The molecule has 1 heteroatoms. The van der Waals surface area contributed by atoms with Crippen LogP contribution in [-0.4, -0.2) is 0 Å². The Balaban J connectivity index is 1.24. The molecule has 0 aliphatic rings. The van der Waals surface area contributed by atoms with Gasteiger partial charge in [-0.25, -0.2) is 0 Å². The molecular formula is C56H41N. The molecule has 0 fully saturated rings. The largest absolute Gasteiger partial charge is 0.310 e. The van der Waals surface area contributed by atoms with E-state index < -0.39 is 0 Å². The van der Waals surface area contributed by atoms with Crippen molar-refractivity contribution in [3.05, 3.63) is 223 Å². The van der Waals surface area contributed by atoms with Crippen LogP contribution in [0.25, 0.3) is 76.8 Å². The molecule has 0 radical (unpaired) electrons. The van der Waals surface area contributed by atoms with Gasteiger partial charge in [0.1, 0.15) is 0 Å². The number of hydrogen-bond donors (Lipinski definition) is 0. The maximum absolute atomic E-state index is 2.41. The molecule has 10 aromatic rings. The van der Waals surface area contributed by atoms with Crippen molar-refractivity contribution >= 4 is 49.4 Å². The van der Waals surface area contributed by atoms with Crippen LogP contribution in [0.15, 0.2) is 212 Å². The monoisotopic (exact) mass is 727 g/mol. The molecule has 0 saturated carbocycles. The van der Waals surface area contributed by atoms with Crippen LogP contribution in [-0.2, 0) is 0 Å². The number of benzene rings is 10. The number of aryl methyl sites for hydroxylation is 2. The molecule has 10 aromatic carbocycles. The zero-order valence-electron chi connectivity index (χ0n) is 32.2. The average Bonchev–Trinajstić information content (AvgIpc) is 3.26. The Labute approximate surface area is 334 Å². The predicted molar refractivity (Wildman–Crippen MR) is 245 cm³/mol. The first-order valence-electron chi connectivity index (χ1n) is 19.8. The lowest BCUT2D eigenvalue weighted by Crippen LogP contribution is -2.11. The second-order valence-electron chi connectivity index (χ2n) is 15.1. The summed E-state index contributed by atoms with van der Waals surface area (Å²) in [7, 11) is 0. The van der Waals surface area contributed by atoms with Crippen LogP contribution in [0.3, 0.4) is 0 Å². The average molecular weight is 728 g/mol. The van der Waals surface area contributed by atoms with Crippen LogP contribution in [0.1, 0.15) is 11.1 Å². The van der Waals surface area contributed by atoms with Gasteiger partial charge in [-0.15, -0.1) is 0 Å². The van der Waals surface area contributed by atoms with Gasteiger partial charge in [-0.3, -0.25) is 0 Å². The molecule has 1 nitrogen and oxygen atoms in total. The number of fused-ring (bicyclic) bond motifs is 3. The fourth-order valence-corrected chi connectivity index (χ4v) is 8.75. The minimum atomic E-state index is 1.14. The van der Waals surface area contributed by atoms with E-state index in [1.807, 2.05) is 0 Å². The highest BCUT2D eigenvalue weighted by atomic mass is 15.1. The van der Waals surface area contributed by atoms with Crippen molar-refractivity contribution in [2.24, 2.45) is 0 Å². The lowest BCUT2D eigenvalue weighted by Gasteiger charge is -2.28. The highest BCUT2D eigenvalue weighted by molar-refractivity contribution is 6.24. The van der Waals surface area contributed by atoms with Crippen molar-refractivity contribution in [1.82, 2.24) is 0 Å².